The van der Waals surface area contributed by atoms with E-state index in [2.05, 4.69) is 0 Å². The molecule has 0 spiro atoms. The summed E-state index contributed by atoms with van der Waals surface area (Å²) in [5, 5.41) is 0. The summed E-state index contributed by atoms with van der Waals surface area (Å²) in [6.07, 6.45) is -4.65. The van der Waals surface area contributed by atoms with Crippen LogP contribution in [0.25, 0.3) is 5.57 Å². The second-order valence-corrected chi connectivity index (χ2v) is 2.83. The van der Waals surface area contributed by atoms with Crippen LogP contribution in [0.4, 0.5) is 13.2 Å². The molecule has 2 nitrogen and oxygen atoms in total. The standard InChI is InChI=1S/C10H8F3NO/c11-10(12,13)6-8(9(14)15)7-4-2-1-3-5-7/h1-6H,(H2,14,15). The van der Waals surface area contributed by atoms with Gasteiger partial charge in [0.1, 0.15) is 0 Å². The molecule has 0 saturated heterocycles. The zero-order valence-electron chi connectivity index (χ0n) is 7.58. The zero-order chi connectivity index (χ0) is 11.5. The van der Waals surface area contributed by atoms with Crippen LogP contribution >= 0.6 is 0 Å². The van der Waals surface area contributed by atoms with Gasteiger partial charge in [0.15, 0.2) is 0 Å². The number of hydrogen-bond donors (Lipinski definition) is 1. The third-order valence-corrected chi connectivity index (χ3v) is 1.66. The molecule has 0 unspecified atom stereocenters. The fourth-order valence-corrected chi connectivity index (χ4v) is 1.08. The van der Waals surface area contributed by atoms with Gasteiger partial charge in [-0.1, -0.05) is 30.3 Å². The van der Waals surface area contributed by atoms with Crippen LogP contribution in [-0.4, -0.2) is 12.1 Å². The van der Waals surface area contributed by atoms with Crippen LogP contribution in [0.1, 0.15) is 5.56 Å². The molecule has 0 aromatic heterocycles. The van der Waals surface area contributed by atoms with E-state index >= 15 is 0 Å². The lowest BCUT2D eigenvalue weighted by Gasteiger charge is -2.05. The van der Waals surface area contributed by atoms with Crippen LogP contribution in [0, 0.1) is 0 Å². The molecule has 80 valence electrons. The largest absolute Gasteiger partial charge is 0.410 e. The first-order valence-electron chi connectivity index (χ1n) is 4.05. The van der Waals surface area contributed by atoms with Crippen molar-refractivity contribution >= 4 is 11.5 Å². The van der Waals surface area contributed by atoms with Crippen molar-refractivity contribution < 1.29 is 18.0 Å². The topological polar surface area (TPSA) is 43.1 Å². The number of carbonyl (C=O) groups excluding carboxylic acids is 1. The fraction of sp³-hybridized carbons (Fsp3) is 0.100. The molecule has 5 heteroatoms. The van der Waals surface area contributed by atoms with E-state index in [9.17, 15) is 18.0 Å². The predicted octanol–water partition coefficient (Wildman–Crippen LogP) is 2.12. The van der Waals surface area contributed by atoms with E-state index in [1.165, 1.54) is 24.3 Å². The number of benzene rings is 1. The van der Waals surface area contributed by atoms with E-state index in [0.29, 0.717) is 0 Å². The smallest absolute Gasteiger partial charge is 0.366 e. The molecule has 0 saturated carbocycles. The summed E-state index contributed by atoms with van der Waals surface area (Å²) >= 11 is 0. The molecule has 0 bridgehead atoms. The minimum Gasteiger partial charge on any atom is -0.366 e. The first-order chi connectivity index (χ1) is 6.90. The summed E-state index contributed by atoms with van der Waals surface area (Å²) in [7, 11) is 0. The first-order valence-corrected chi connectivity index (χ1v) is 4.05. The Hall–Kier alpha value is -1.78. The molecule has 15 heavy (non-hydrogen) atoms. The van der Waals surface area contributed by atoms with Crippen LogP contribution in [0.15, 0.2) is 36.4 Å². The maximum atomic E-state index is 12.1. The van der Waals surface area contributed by atoms with Gasteiger partial charge in [0.2, 0.25) is 5.91 Å². The molecule has 1 aromatic rings. The van der Waals surface area contributed by atoms with Gasteiger partial charge in [0, 0.05) is 6.08 Å². The number of amides is 1. The lowest BCUT2D eigenvalue weighted by Crippen LogP contribution is -2.16. The maximum absolute atomic E-state index is 12.1. The Kier molecular flexibility index (Phi) is 3.14. The average molecular weight is 215 g/mol. The summed E-state index contributed by atoms with van der Waals surface area (Å²) in [6.45, 7) is 0. The Labute approximate surface area is 84.2 Å². The van der Waals surface area contributed by atoms with E-state index < -0.39 is 17.7 Å². The van der Waals surface area contributed by atoms with Crippen LogP contribution in [-0.2, 0) is 4.79 Å². The molecule has 1 rings (SSSR count). The highest BCUT2D eigenvalue weighted by Crippen LogP contribution is 2.23. The van der Waals surface area contributed by atoms with Crippen molar-refractivity contribution in [3.8, 4) is 0 Å². The van der Waals surface area contributed by atoms with Gasteiger partial charge in [-0.2, -0.15) is 13.2 Å². The number of primary amides is 1. The van der Waals surface area contributed by atoms with Gasteiger partial charge in [-0.15, -0.1) is 0 Å². The summed E-state index contributed by atoms with van der Waals surface area (Å²) in [6, 6.07) is 7.48. The van der Waals surface area contributed by atoms with Crippen molar-refractivity contribution in [3.05, 3.63) is 42.0 Å². The molecular weight excluding hydrogens is 207 g/mol. The summed E-state index contributed by atoms with van der Waals surface area (Å²) in [5.74, 6) is -1.10. The number of carbonyl (C=O) groups is 1. The zero-order valence-corrected chi connectivity index (χ0v) is 7.58. The van der Waals surface area contributed by atoms with Gasteiger partial charge in [-0.3, -0.25) is 4.79 Å². The van der Waals surface area contributed by atoms with E-state index in [4.69, 9.17) is 5.73 Å². The number of allylic oxidation sites excluding steroid dienone is 1. The van der Waals surface area contributed by atoms with Gasteiger partial charge >= 0.3 is 6.18 Å². The van der Waals surface area contributed by atoms with Crippen LogP contribution in [0.5, 0.6) is 0 Å². The third-order valence-electron chi connectivity index (χ3n) is 1.66. The molecule has 1 amide bonds. The highest BCUT2D eigenvalue weighted by atomic mass is 19.4. The normalized spacial score (nSPS) is 12.6. The summed E-state index contributed by atoms with van der Waals surface area (Å²) in [4.78, 5) is 10.8. The average Bonchev–Trinajstić information content (AvgIpc) is 2.14. The molecular formula is C10H8F3NO. The van der Waals surface area contributed by atoms with Crippen LogP contribution in [0.3, 0.4) is 0 Å². The first kappa shape index (κ1) is 11.3. The molecule has 0 fully saturated rings. The number of halogens is 3. The van der Waals surface area contributed by atoms with Crippen LogP contribution in [0.2, 0.25) is 0 Å². The predicted molar refractivity (Wildman–Crippen MR) is 49.7 cm³/mol. The van der Waals surface area contributed by atoms with Gasteiger partial charge in [0.25, 0.3) is 0 Å². The molecule has 1 aromatic carbocycles. The lowest BCUT2D eigenvalue weighted by atomic mass is 10.1. The summed E-state index contributed by atoms with van der Waals surface area (Å²) in [5.41, 5.74) is 4.48. The minimum atomic E-state index is -4.56. The second-order valence-electron chi connectivity index (χ2n) is 2.83. The maximum Gasteiger partial charge on any atom is 0.410 e. The van der Waals surface area contributed by atoms with Crippen LogP contribution < -0.4 is 5.73 Å². The van der Waals surface area contributed by atoms with Crippen molar-refractivity contribution in [3.63, 3.8) is 0 Å². The van der Waals surface area contributed by atoms with Crippen molar-refractivity contribution in [1.82, 2.24) is 0 Å². The van der Waals surface area contributed by atoms with Crippen molar-refractivity contribution in [1.29, 1.82) is 0 Å². The highest BCUT2D eigenvalue weighted by molar-refractivity contribution is 6.18. The highest BCUT2D eigenvalue weighted by Gasteiger charge is 2.26. The molecule has 0 aliphatic heterocycles. The van der Waals surface area contributed by atoms with E-state index in [1.54, 1.807) is 6.07 Å². The Balaban J connectivity index is 3.16. The van der Waals surface area contributed by atoms with Gasteiger partial charge in [-0.05, 0) is 5.56 Å². The molecule has 0 radical (unpaired) electrons. The number of hydrogen-bond acceptors (Lipinski definition) is 1. The Bertz CT molecular complexity index is 381. The Morgan fingerprint density at radius 3 is 2.13 bits per heavy atom. The fourth-order valence-electron chi connectivity index (χ4n) is 1.08. The quantitative estimate of drug-likeness (QED) is 0.754. The van der Waals surface area contributed by atoms with Gasteiger partial charge in [-0.25, -0.2) is 0 Å². The molecule has 0 aliphatic carbocycles. The number of nitrogens with two attached hydrogens (primary N) is 1. The van der Waals surface area contributed by atoms with Crippen molar-refractivity contribution in [2.75, 3.05) is 0 Å². The van der Waals surface area contributed by atoms with Crippen molar-refractivity contribution in [2.24, 2.45) is 5.73 Å². The SMILES string of the molecule is NC(=O)C(=CC(F)(F)F)c1ccccc1. The molecule has 0 heterocycles. The van der Waals surface area contributed by atoms with Gasteiger partial charge < -0.3 is 5.73 Å². The Morgan fingerprint density at radius 2 is 1.73 bits per heavy atom. The van der Waals surface area contributed by atoms with E-state index in [1.807, 2.05) is 0 Å². The molecule has 2 N–H and O–H groups in total. The van der Waals surface area contributed by atoms with Gasteiger partial charge in [0.05, 0.1) is 5.57 Å². The lowest BCUT2D eigenvalue weighted by molar-refractivity contribution is -0.113. The molecule has 0 atom stereocenters. The minimum absolute atomic E-state index is 0.0926. The second kappa shape index (κ2) is 4.16. The Morgan fingerprint density at radius 1 is 1.20 bits per heavy atom. The summed E-state index contributed by atoms with van der Waals surface area (Å²) < 4.78 is 36.2. The number of alkyl halides is 3. The molecule has 0 aliphatic rings. The third kappa shape index (κ3) is 3.46. The monoisotopic (exact) mass is 215 g/mol. The van der Waals surface area contributed by atoms with E-state index in [0.717, 1.165) is 0 Å². The number of rotatable bonds is 2. The van der Waals surface area contributed by atoms with E-state index in [-0.39, 0.29) is 11.6 Å². The van der Waals surface area contributed by atoms with Crippen molar-refractivity contribution in [2.45, 2.75) is 6.18 Å².